The zero-order valence-corrected chi connectivity index (χ0v) is 16.4. The number of amides is 2. The molecular formula is C25H26N2O2. The highest BCUT2D eigenvalue weighted by Crippen LogP contribution is 2.23. The first-order valence-electron chi connectivity index (χ1n) is 9.87. The van der Waals surface area contributed by atoms with Gasteiger partial charge >= 0.3 is 0 Å². The molecule has 0 fully saturated rings. The van der Waals surface area contributed by atoms with E-state index in [1.54, 1.807) is 0 Å². The van der Waals surface area contributed by atoms with Crippen molar-refractivity contribution in [3.8, 4) is 0 Å². The fourth-order valence-electron chi connectivity index (χ4n) is 3.22. The highest BCUT2D eigenvalue weighted by Gasteiger charge is 2.19. The highest BCUT2D eigenvalue weighted by atomic mass is 16.2. The molecule has 0 aromatic heterocycles. The van der Waals surface area contributed by atoms with Crippen LogP contribution in [0.5, 0.6) is 0 Å². The summed E-state index contributed by atoms with van der Waals surface area (Å²) >= 11 is 0. The second-order valence-corrected chi connectivity index (χ2v) is 7.04. The summed E-state index contributed by atoms with van der Waals surface area (Å²) in [5.74, 6) is -0.278. The van der Waals surface area contributed by atoms with Crippen LogP contribution in [0.2, 0.25) is 0 Å². The van der Waals surface area contributed by atoms with Gasteiger partial charge in [-0.15, -0.1) is 0 Å². The second-order valence-electron chi connectivity index (χ2n) is 7.04. The van der Waals surface area contributed by atoms with Gasteiger partial charge < -0.3 is 10.6 Å². The van der Waals surface area contributed by atoms with Crippen molar-refractivity contribution < 1.29 is 9.59 Å². The standard InChI is InChI=1S/C25H26N2O2/c28-24(26-18-20-10-4-1-5-11-20)16-23(22-14-8-3-9-15-22)17-25(29)27-19-21-12-6-2-7-13-21/h1-15,23H,16-19H2,(H,26,28)(H,27,29). The van der Waals surface area contributed by atoms with Crippen molar-refractivity contribution in [3.63, 3.8) is 0 Å². The molecule has 0 aliphatic carbocycles. The number of carbonyl (C=O) groups is 2. The molecular weight excluding hydrogens is 360 g/mol. The van der Waals surface area contributed by atoms with E-state index in [1.165, 1.54) is 0 Å². The van der Waals surface area contributed by atoms with Crippen molar-refractivity contribution >= 4 is 11.8 Å². The maximum atomic E-state index is 12.5. The van der Waals surface area contributed by atoms with Crippen LogP contribution in [0.3, 0.4) is 0 Å². The molecule has 0 unspecified atom stereocenters. The van der Waals surface area contributed by atoms with Gasteiger partial charge in [0.05, 0.1) is 0 Å². The quantitative estimate of drug-likeness (QED) is 0.579. The molecule has 4 nitrogen and oxygen atoms in total. The molecule has 0 spiro atoms. The molecule has 0 radical (unpaired) electrons. The summed E-state index contributed by atoms with van der Waals surface area (Å²) < 4.78 is 0. The van der Waals surface area contributed by atoms with Gasteiger partial charge in [-0.2, -0.15) is 0 Å². The van der Waals surface area contributed by atoms with Crippen LogP contribution in [-0.2, 0) is 22.7 Å². The SMILES string of the molecule is O=C(CC(CC(=O)NCc1ccccc1)c1ccccc1)NCc1ccccc1. The van der Waals surface area contributed by atoms with Gasteiger partial charge in [0.25, 0.3) is 0 Å². The summed E-state index contributed by atoms with van der Waals surface area (Å²) in [6, 6.07) is 29.4. The summed E-state index contributed by atoms with van der Waals surface area (Å²) in [7, 11) is 0. The van der Waals surface area contributed by atoms with E-state index < -0.39 is 0 Å². The Kier molecular flexibility index (Phi) is 7.58. The Morgan fingerprint density at radius 3 is 1.38 bits per heavy atom. The topological polar surface area (TPSA) is 58.2 Å². The monoisotopic (exact) mass is 386 g/mol. The Morgan fingerprint density at radius 1 is 0.586 bits per heavy atom. The minimum absolute atomic E-state index is 0.0569. The van der Waals surface area contributed by atoms with Crippen molar-refractivity contribution in [2.45, 2.75) is 31.8 Å². The van der Waals surface area contributed by atoms with E-state index in [9.17, 15) is 9.59 Å². The average molecular weight is 386 g/mol. The Bertz CT molecular complexity index is 838. The van der Waals surface area contributed by atoms with Gasteiger partial charge in [0.2, 0.25) is 11.8 Å². The molecule has 0 saturated heterocycles. The van der Waals surface area contributed by atoms with E-state index in [2.05, 4.69) is 10.6 Å². The van der Waals surface area contributed by atoms with Crippen LogP contribution >= 0.6 is 0 Å². The third-order valence-corrected chi connectivity index (χ3v) is 4.80. The molecule has 3 aromatic rings. The lowest BCUT2D eigenvalue weighted by molar-refractivity contribution is -0.123. The molecule has 3 rings (SSSR count). The lowest BCUT2D eigenvalue weighted by Gasteiger charge is -2.17. The molecule has 0 aliphatic rings. The van der Waals surface area contributed by atoms with Crippen LogP contribution in [0.15, 0.2) is 91.0 Å². The van der Waals surface area contributed by atoms with Crippen LogP contribution in [0.1, 0.15) is 35.4 Å². The van der Waals surface area contributed by atoms with Crippen LogP contribution < -0.4 is 10.6 Å². The number of hydrogen-bond acceptors (Lipinski definition) is 2. The zero-order valence-electron chi connectivity index (χ0n) is 16.4. The summed E-state index contributed by atoms with van der Waals surface area (Å²) in [6.45, 7) is 0.975. The number of nitrogens with one attached hydrogen (secondary N) is 2. The van der Waals surface area contributed by atoms with E-state index in [4.69, 9.17) is 0 Å². The molecule has 0 aliphatic heterocycles. The van der Waals surface area contributed by atoms with Gasteiger partial charge in [-0.05, 0) is 16.7 Å². The summed E-state index contributed by atoms with van der Waals surface area (Å²) in [4.78, 5) is 25.0. The van der Waals surface area contributed by atoms with E-state index in [-0.39, 0.29) is 30.6 Å². The first-order valence-corrected chi connectivity index (χ1v) is 9.87. The summed E-state index contributed by atoms with van der Waals surface area (Å²) in [5, 5.41) is 5.92. The lowest BCUT2D eigenvalue weighted by Crippen LogP contribution is -2.28. The lowest BCUT2D eigenvalue weighted by atomic mass is 9.91. The second kappa shape index (κ2) is 10.8. The number of benzene rings is 3. The van der Waals surface area contributed by atoms with Gasteiger partial charge in [0, 0.05) is 31.8 Å². The molecule has 0 saturated carbocycles. The number of rotatable bonds is 9. The van der Waals surface area contributed by atoms with Crippen LogP contribution in [0, 0.1) is 0 Å². The van der Waals surface area contributed by atoms with Crippen LogP contribution in [-0.4, -0.2) is 11.8 Å². The van der Waals surface area contributed by atoms with E-state index in [1.807, 2.05) is 91.0 Å². The molecule has 0 heterocycles. The third kappa shape index (κ3) is 6.92. The van der Waals surface area contributed by atoms with E-state index in [0.29, 0.717) is 13.1 Å². The maximum Gasteiger partial charge on any atom is 0.220 e. The molecule has 4 heteroatoms. The largest absolute Gasteiger partial charge is 0.352 e. The fourth-order valence-corrected chi connectivity index (χ4v) is 3.22. The van der Waals surface area contributed by atoms with E-state index >= 15 is 0 Å². The zero-order chi connectivity index (χ0) is 20.3. The first-order chi connectivity index (χ1) is 14.2. The molecule has 2 amide bonds. The molecule has 148 valence electrons. The molecule has 0 atom stereocenters. The van der Waals surface area contributed by atoms with E-state index in [0.717, 1.165) is 16.7 Å². The summed E-state index contributed by atoms with van der Waals surface area (Å²) in [6.07, 6.45) is 0.547. The van der Waals surface area contributed by atoms with Crippen molar-refractivity contribution in [2.75, 3.05) is 0 Å². The van der Waals surface area contributed by atoms with Crippen LogP contribution in [0.4, 0.5) is 0 Å². The fraction of sp³-hybridized carbons (Fsp3) is 0.200. The van der Waals surface area contributed by atoms with Gasteiger partial charge in [-0.25, -0.2) is 0 Å². The number of hydrogen-bond donors (Lipinski definition) is 2. The van der Waals surface area contributed by atoms with Gasteiger partial charge in [0.15, 0.2) is 0 Å². The first kappa shape index (κ1) is 20.3. The van der Waals surface area contributed by atoms with Gasteiger partial charge in [0.1, 0.15) is 0 Å². The van der Waals surface area contributed by atoms with Crippen molar-refractivity contribution in [1.82, 2.24) is 10.6 Å². The smallest absolute Gasteiger partial charge is 0.220 e. The van der Waals surface area contributed by atoms with Crippen molar-refractivity contribution in [2.24, 2.45) is 0 Å². The Morgan fingerprint density at radius 2 is 0.966 bits per heavy atom. The maximum absolute atomic E-state index is 12.5. The van der Waals surface area contributed by atoms with Gasteiger partial charge in [-0.1, -0.05) is 91.0 Å². The predicted octanol–water partition coefficient (Wildman–Crippen LogP) is 4.18. The third-order valence-electron chi connectivity index (χ3n) is 4.80. The molecule has 29 heavy (non-hydrogen) atoms. The van der Waals surface area contributed by atoms with Crippen molar-refractivity contribution in [3.05, 3.63) is 108 Å². The number of carbonyl (C=O) groups excluding carboxylic acids is 2. The normalized spacial score (nSPS) is 10.5. The minimum Gasteiger partial charge on any atom is -0.352 e. The average Bonchev–Trinajstić information content (AvgIpc) is 2.78. The Hall–Kier alpha value is -3.40. The predicted molar refractivity (Wildman–Crippen MR) is 115 cm³/mol. The van der Waals surface area contributed by atoms with Gasteiger partial charge in [-0.3, -0.25) is 9.59 Å². The molecule has 0 bridgehead atoms. The molecule has 2 N–H and O–H groups in total. The van der Waals surface area contributed by atoms with Crippen LogP contribution in [0.25, 0.3) is 0 Å². The highest BCUT2D eigenvalue weighted by molar-refractivity contribution is 5.80. The van der Waals surface area contributed by atoms with Crippen molar-refractivity contribution in [1.29, 1.82) is 0 Å². The Labute approximate surface area is 172 Å². The molecule has 3 aromatic carbocycles. The minimum atomic E-state index is -0.164. The Balaban J connectivity index is 1.57. The summed E-state index contributed by atoms with van der Waals surface area (Å²) in [5.41, 5.74) is 3.10.